The van der Waals surface area contributed by atoms with E-state index in [1.54, 1.807) is 28.2 Å². The van der Waals surface area contributed by atoms with Crippen molar-refractivity contribution in [1.82, 2.24) is 0 Å². The maximum atomic E-state index is 3.82. The second kappa shape index (κ2) is 16.0. The van der Waals surface area contributed by atoms with Gasteiger partial charge in [-0.3, -0.25) is 0 Å². The predicted octanol–water partition coefficient (Wildman–Crippen LogP) is 11.7. The molecule has 0 aliphatic rings. The standard InChI is InChI=1S/C30H18Br2S.2C2H6N.Zr/c31-28-11-12-30(27-17-22(16-26(27)28)20-9-5-2-6-10-20)33-24-14-23-13-21(15-25(23)29(32)18-24)19-7-3-1-4-8-19;2*1-3-2;/h1-18H;2*1-2H3;/q-2;2*-1;+4. The van der Waals surface area contributed by atoms with Crippen LogP contribution in [0.5, 0.6) is 0 Å². The van der Waals surface area contributed by atoms with Crippen molar-refractivity contribution in [2.75, 3.05) is 28.2 Å². The van der Waals surface area contributed by atoms with Crippen molar-refractivity contribution in [1.29, 1.82) is 0 Å². The molecule has 0 unspecified atom stereocenters. The van der Waals surface area contributed by atoms with E-state index in [4.69, 9.17) is 0 Å². The van der Waals surface area contributed by atoms with Crippen LogP contribution in [0.15, 0.2) is 128 Å². The normalized spacial score (nSPS) is 10.3. The molecule has 6 aromatic rings. The molecule has 6 rings (SSSR count). The average molecular weight is 750 g/mol. The Morgan fingerprint density at radius 3 is 1.70 bits per heavy atom. The molecule has 6 aromatic carbocycles. The minimum absolute atomic E-state index is 0. The van der Waals surface area contributed by atoms with Gasteiger partial charge in [0.2, 0.25) is 0 Å². The van der Waals surface area contributed by atoms with E-state index in [1.807, 2.05) is 11.8 Å². The summed E-state index contributed by atoms with van der Waals surface area (Å²) in [5.41, 5.74) is 4.99. The second-order valence-corrected chi connectivity index (χ2v) is 11.8. The molecule has 0 aliphatic carbocycles. The van der Waals surface area contributed by atoms with Crippen molar-refractivity contribution in [3.8, 4) is 22.3 Å². The third-order valence-electron chi connectivity index (χ3n) is 5.98. The van der Waals surface area contributed by atoms with Crippen molar-refractivity contribution >= 4 is 65.2 Å². The minimum Gasteiger partial charge on any atom is -0.668 e. The number of benzene rings is 4. The van der Waals surface area contributed by atoms with Gasteiger partial charge < -0.3 is 10.6 Å². The quantitative estimate of drug-likeness (QED) is 0.165. The average Bonchev–Trinajstić information content (AvgIpc) is 3.59. The Labute approximate surface area is 278 Å². The smallest absolute Gasteiger partial charge is 0.668 e. The summed E-state index contributed by atoms with van der Waals surface area (Å²) in [6.45, 7) is 0. The molecular weight excluding hydrogens is 719 g/mol. The van der Waals surface area contributed by atoms with Gasteiger partial charge in [-0.1, -0.05) is 108 Å². The first-order chi connectivity index (χ1) is 19.0. The van der Waals surface area contributed by atoms with Crippen LogP contribution in [-0.2, 0) is 26.2 Å². The van der Waals surface area contributed by atoms with Gasteiger partial charge in [0.15, 0.2) is 0 Å². The molecule has 0 atom stereocenters. The Kier molecular flexibility index (Phi) is 13.1. The van der Waals surface area contributed by atoms with E-state index in [-0.39, 0.29) is 26.2 Å². The van der Waals surface area contributed by atoms with Crippen molar-refractivity contribution in [2.45, 2.75) is 9.79 Å². The van der Waals surface area contributed by atoms with E-state index in [1.165, 1.54) is 53.6 Å². The van der Waals surface area contributed by atoms with Gasteiger partial charge in [-0.05, 0) is 18.7 Å². The third-order valence-corrected chi connectivity index (χ3v) is 8.38. The van der Waals surface area contributed by atoms with E-state index in [0.29, 0.717) is 0 Å². The number of hydrogen-bond acceptors (Lipinski definition) is 1. The fraction of sp³-hybridized carbons (Fsp3) is 0.118. The van der Waals surface area contributed by atoms with Crippen molar-refractivity contribution < 1.29 is 26.2 Å². The van der Waals surface area contributed by atoms with Gasteiger partial charge in [-0.2, -0.15) is 28.2 Å². The van der Waals surface area contributed by atoms with Gasteiger partial charge in [0.25, 0.3) is 0 Å². The molecule has 0 aliphatic heterocycles. The molecule has 0 spiro atoms. The topological polar surface area (TPSA) is 28.2 Å². The Hall–Kier alpha value is -1.79. The van der Waals surface area contributed by atoms with Gasteiger partial charge in [0.1, 0.15) is 0 Å². The summed E-state index contributed by atoms with van der Waals surface area (Å²) in [6.07, 6.45) is 0. The van der Waals surface area contributed by atoms with Crippen LogP contribution in [0.3, 0.4) is 0 Å². The Morgan fingerprint density at radius 1 is 0.600 bits per heavy atom. The molecular formula is C34H30Br2N2SZr. The molecule has 0 aromatic heterocycles. The zero-order valence-electron chi connectivity index (χ0n) is 23.0. The maximum Gasteiger partial charge on any atom is 4.00 e. The number of halogens is 2. The van der Waals surface area contributed by atoms with Gasteiger partial charge in [0.05, 0.1) is 0 Å². The molecule has 0 amide bonds. The van der Waals surface area contributed by atoms with Gasteiger partial charge in [0, 0.05) is 0 Å². The van der Waals surface area contributed by atoms with E-state index >= 15 is 0 Å². The maximum absolute atomic E-state index is 3.82. The Balaban J connectivity index is 0.000000581. The Morgan fingerprint density at radius 2 is 1.12 bits per heavy atom. The fourth-order valence-corrected chi connectivity index (χ4v) is 6.59. The van der Waals surface area contributed by atoms with Crippen LogP contribution < -0.4 is 0 Å². The second-order valence-electron chi connectivity index (χ2n) is 9.00. The van der Waals surface area contributed by atoms with E-state index in [2.05, 4.69) is 152 Å². The molecule has 0 N–H and O–H groups in total. The van der Waals surface area contributed by atoms with Crippen LogP contribution >= 0.6 is 43.6 Å². The predicted molar refractivity (Wildman–Crippen MR) is 180 cm³/mol. The molecule has 0 radical (unpaired) electrons. The summed E-state index contributed by atoms with van der Waals surface area (Å²) in [5, 5.41) is 12.0. The first kappa shape index (κ1) is 32.7. The zero-order valence-corrected chi connectivity index (χ0v) is 29.4. The SMILES string of the molecule is Brc1cc(Sc2ccc(Br)c3[cH-]c(-c4ccccc4)cc23)cc2cc(-c3ccccc3)[cH-]c12.C[N-]C.C[N-]C.[Zr+4]. The van der Waals surface area contributed by atoms with Crippen LogP contribution in [0.25, 0.3) is 54.4 Å². The minimum atomic E-state index is 0. The van der Waals surface area contributed by atoms with Gasteiger partial charge in [-0.15, -0.1) is 88.8 Å². The van der Waals surface area contributed by atoms with Crippen LogP contribution in [0.1, 0.15) is 0 Å². The summed E-state index contributed by atoms with van der Waals surface area (Å²) in [4.78, 5) is 2.49. The van der Waals surface area contributed by atoms with E-state index < -0.39 is 0 Å². The monoisotopic (exact) mass is 746 g/mol. The molecule has 0 saturated carbocycles. The van der Waals surface area contributed by atoms with Gasteiger partial charge >= 0.3 is 26.2 Å². The number of hydrogen-bond donors (Lipinski definition) is 0. The van der Waals surface area contributed by atoms with Gasteiger partial charge in [-0.25, -0.2) is 0 Å². The summed E-state index contributed by atoms with van der Waals surface area (Å²) in [5.74, 6) is 0. The zero-order chi connectivity index (χ0) is 27.8. The summed E-state index contributed by atoms with van der Waals surface area (Å²) < 4.78 is 2.26. The van der Waals surface area contributed by atoms with Crippen LogP contribution in [-0.4, -0.2) is 28.2 Å². The summed E-state index contributed by atoms with van der Waals surface area (Å²) >= 11 is 9.39. The summed E-state index contributed by atoms with van der Waals surface area (Å²) in [6, 6.07) is 39.2. The molecule has 40 heavy (non-hydrogen) atoms. The third kappa shape index (κ3) is 7.94. The largest absolute Gasteiger partial charge is 4.00 e. The first-order valence-electron chi connectivity index (χ1n) is 12.5. The molecule has 0 heterocycles. The molecule has 0 fully saturated rings. The van der Waals surface area contributed by atoms with Crippen LogP contribution in [0.4, 0.5) is 0 Å². The number of nitrogens with zero attached hydrogens (tertiary/aromatic N) is 2. The first-order valence-corrected chi connectivity index (χ1v) is 14.9. The molecule has 0 bridgehead atoms. The summed E-state index contributed by atoms with van der Waals surface area (Å²) in [7, 11) is 7.00. The van der Waals surface area contributed by atoms with Crippen LogP contribution in [0.2, 0.25) is 0 Å². The van der Waals surface area contributed by atoms with E-state index in [0.717, 1.165) is 8.95 Å². The fourth-order valence-electron chi connectivity index (χ4n) is 4.36. The molecule has 200 valence electrons. The molecule has 6 heteroatoms. The van der Waals surface area contributed by atoms with Crippen molar-refractivity contribution in [3.63, 3.8) is 0 Å². The number of fused-ring (bicyclic) bond motifs is 2. The molecule has 2 nitrogen and oxygen atoms in total. The van der Waals surface area contributed by atoms with E-state index in [9.17, 15) is 0 Å². The molecule has 0 saturated heterocycles. The van der Waals surface area contributed by atoms with Crippen LogP contribution in [0, 0.1) is 0 Å². The van der Waals surface area contributed by atoms with Crippen molar-refractivity contribution in [3.05, 3.63) is 129 Å². The Bertz CT molecular complexity index is 1640. The number of rotatable bonds is 4. The van der Waals surface area contributed by atoms with Crippen molar-refractivity contribution in [2.24, 2.45) is 0 Å².